The molecule has 0 bridgehead atoms. The summed E-state index contributed by atoms with van der Waals surface area (Å²) in [5.74, 6) is 0. The highest BCUT2D eigenvalue weighted by molar-refractivity contribution is 7.90. The monoisotopic (exact) mass is 283 g/mol. The van der Waals surface area contributed by atoms with Crippen LogP contribution >= 0.6 is 0 Å². The fourth-order valence-electron chi connectivity index (χ4n) is 2.22. The van der Waals surface area contributed by atoms with Crippen LogP contribution in [0.1, 0.15) is 46.0 Å². The predicted octanol–water partition coefficient (Wildman–Crippen LogP) is 3.86. The van der Waals surface area contributed by atoms with Crippen LogP contribution in [-0.4, -0.2) is 20.7 Å². The molecule has 0 saturated carbocycles. The summed E-state index contributed by atoms with van der Waals surface area (Å²) in [4.78, 5) is 0.396. The summed E-state index contributed by atoms with van der Waals surface area (Å²) in [6, 6.07) is 7.51. The zero-order valence-corrected chi connectivity index (χ0v) is 13.0. The number of hydrogen-bond donors (Lipinski definition) is 1. The van der Waals surface area contributed by atoms with Crippen molar-refractivity contribution in [1.29, 1.82) is 0 Å². The van der Waals surface area contributed by atoms with Crippen molar-refractivity contribution in [3.63, 3.8) is 0 Å². The van der Waals surface area contributed by atoms with E-state index >= 15 is 0 Å². The number of hydrogen-bond acceptors (Lipinski definition) is 3. The summed E-state index contributed by atoms with van der Waals surface area (Å²) in [6.45, 7) is 4.33. The third-order valence-corrected chi connectivity index (χ3v) is 4.34. The van der Waals surface area contributed by atoms with E-state index in [9.17, 15) is 8.42 Å². The van der Waals surface area contributed by atoms with E-state index in [4.69, 9.17) is 0 Å². The minimum absolute atomic E-state index is 0.354. The molecule has 1 N–H and O–H groups in total. The third-order valence-electron chi connectivity index (χ3n) is 3.19. The average Bonchev–Trinajstić information content (AvgIpc) is 2.35. The lowest BCUT2D eigenvalue weighted by atomic mass is 10.0. The molecule has 1 atom stereocenters. The Kier molecular flexibility index (Phi) is 6.35. The second kappa shape index (κ2) is 7.53. The summed E-state index contributed by atoms with van der Waals surface area (Å²) in [5, 5.41) is 3.41. The summed E-state index contributed by atoms with van der Waals surface area (Å²) < 4.78 is 23.5. The second-order valence-electron chi connectivity index (χ2n) is 5.04. The van der Waals surface area contributed by atoms with Crippen molar-refractivity contribution >= 4 is 15.5 Å². The van der Waals surface area contributed by atoms with Gasteiger partial charge in [0.25, 0.3) is 0 Å². The van der Waals surface area contributed by atoms with Gasteiger partial charge in [-0.25, -0.2) is 8.42 Å². The Labute approximate surface area is 117 Å². The van der Waals surface area contributed by atoms with Crippen LogP contribution in [0, 0.1) is 0 Å². The molecular formula is C15H25NO2S. The zero-order chi connectivity index (χ0) is 14.3. The van der Waals surface area contributed by atoms with Gasteiger partial charge in [0.1, 0.15) is 0 Å². The highest BCUT2D eigenvalue weighted by atomic mass is 32.2. The van der Waals surface area contributed by atoms with Crippen molar-refractivity contribution in [2.75, 3.05) is 11.6 Å². The molecule has 0 amide bonds. The van der Waals surface area contributed by atoms with Crippen LogP contribution < -0.4 is 5.32 Å². The fourth-order valence-corrected chi connectivity index (χ4v) is 3.07. The molecule has 0 aliphatic heterocycles. The van der Waals surface area contributed by atoms with Gasteiger partial charge in [0.15, 0.2) is 9.84 Å². The second-order valence-corrected chi connectivity index (χ2v) is 7.02. The van der Waals surface area contributed by atoms with Gasteiger partial charge in [-0.3, -0.25) is 0 Å². The molecule has 1 rings (SSSR count). The van der Waals surface area contributed by atoms with Gasteiger partial charge in [0.05, 0.1) is 10.6 Å². The number of nitrogens with one attached hydrogen (secondary N) is 1. The number of sulfone groups is 1. The van der Waals surface area contributed by atoms with E-state index in [1.165, 1.54) is 12.7 Å². The van der Waals surface area contributed by atoms with Crippen molar-refractivity contribution in [2.45, 2.75) is 56.9 Å². The van der Waals surface area contributed by atoms with E-state index in [2.05, 4.69) is 19.2 Å². The molecule has 3 nitrogen and oxygen atoms in total. The minimum atomic E-state index is -3.18. The molecule has 4 heteroatoms. The zero-order valence-electron chi connectivity index (χ0n) is 12.1. The maximum atomic E-state index is 11.8. The molecule has 1 aromatic rings. The van der Waals surface area contributed by atoms with Crippen molar-refractivity contribution in [1.82, 2.24) is 0 Å². The highest BCUT2D eigenvalue weighted by Gasteiger charge is 2.15. The van der Waals surface area contributed by atoms with Crippen LogP contribution in [0.5, 0.6) is 0 Å². The maximum absolute atomic E-state index is 11.8. The largest absolute Gasteiger partial charge is 0.381 e. The quantitative estimate of drug-likeness (QED) is 0.788. The molecule has 0 radical (unpaired) electrons. The summed E-state index contributed by atoms with van der Waals surface area (Å²) in [7, 11) is -3.18. The standard InChI is InChI=1S/C15H25NO2S/c1-4-6-10-13(9-5-2)16-14-11-7-8-12-15(14)19(3,17)18/h7-8,11-13,16H,4-6,9-10H2,1-3H3. The number of benzene rings is 1. The number of para-hydroxylation sites is 1. The molecule has 0 spiro atoms. The van der Waals surface area contributed by atoms with Crippen molar-refractivity contribution in [3.05, 3.63) is 24.3 Å². The summed E-state index contributed by atoms with van der Waals surface area (Å²) >= 11 is 0. The van der Waals surface area contributed by atoms with Crippen LogP contribution in [0.3, 0.4) is 0 Å². The van der Waals surface area contributed by atoms with Gasteiger partial charge in [-0.15, -0.1) is 0 Å². The van der Waals surface area contributed by atoms with Gasteiger partial charge in [0.2, 0.25) is 0 Å². The van der Waals surface area contributed by atoms with Crippen LogP contribution in [0.25, 0.3) is 0 Å². The Balaban J connectivity index is 2.90. The predicted molar refractivity (Wildman–Crippen MR) is 81.4 cm³/mol. The van der Waals surface area contributed by atoms with Gasteiger partial charge in [-0.2, -0.15) is 0 Å². The van der Waals surface area contributed by atoms with Gasteiger partial charge >= 0.3 is 0 Å². The van der Waals surface area contributed by atoms with E-state index in [1.54, 1.807) is 12.1 Å². The molecule has 1 unspecified atom stereocenters. The van der Waals surface area contributed by atoms with Gasteiger partial charge < -0.3 is 5.32 Å². The molecule has 19 heavy (non-hydrogen) atoms. The van der Waals surface area contributed by atoms with Crippen LogP contribution in [-0.2, 0) is 9.84 Å². The third kappa shape index (κ3) is 5.23. The molecule has 1 aromatic carbocycles. The van der Waals surface area contributed by atoms with Crippen LogP contribution in [0.4, 0.5) is 5.69 Å². The minimum Gasteiger partial charge on any atom is -0.381 e. The molecule has 0 aliphatic carbocycles. The maximum Gasteiger partial charge on any atom is 0.177 e. The van der Waals surface area contributed by atoms with E-state index in [0.717, 1.165) is 31.4 Å². The van der Waals surface area contributed by atoms with Crippen LogP contribution in [0.2, 0.25) is 0 Å². The molecule has 0 heterocycles. The summed E-state index contributed by atoms with van der Waals surface area (Å²) in [6.07, 6.45) is 6.84. The van der Waals surface area contributed by atoms with E-state index in [0.29, 0.717) is 10.9 Å². The normalized spacial score (nSPS) is 13.2. The molecule has 0 fully saturated rings. The Morgan fingerprint density at radius 2 is 1.79 bits per heavy atom. The smallest absolute Gasteiger partial charge is 0.177 e. The Hall–Kier alpha value is -1.03. The molecular weight excluding hydrogens is 258 g/mol. The molecule has 108 valence electrons. The van der Waals surface area contributed by atoms with Gasteiger partial charge in [0, 0.05) is 12.3 Å². The number of anilines is 1. The molecule has 0 aliphatic rings. The SMILES string of the molecule is CCCCC(CCC)Nc1ccccc1S(C)(=O)=O. The first-order valence-electron chi connectivity index (χ1n) is 7.04. The first-order valence-corrected chi connectivity index (χ1v) is 8.93. The first-order chi connectivity index (χ1) is 8.99. The highest BCUT2D eigenvalue weighted by Crippen LogP contribution is 2.23. The average molecular weight is 283 g/mol. The molecule has 0 aromatic heterocycles. The lowest BCUT2D eigenvalue weighted by Crippen LogP contribution is -2.20. The lowest BCUT2D eigenvalue weighted by molar-refractivity contribution is 0.562. The Morgan fingerprint density at radius 3 is 2.37 bits per heavy atom. The Bertz CT molecular complexity index is 483. The van der Waals surface area contributed by atoms with E-state index in [-0.39, 0.29) is 0 Å². The van der Waals surface area contributed by atoms with Gasteiger partial charge in [-0.05, 0) is 25.0 Å². The van der Waals surface area contributed by atoms with Crippen LogP contribution in [0.15, 0.2) is 29.2 Å². The Morgan fingerprint density at radius 1 is 1.11 bits per heavy atom. The van der Waals surface area contributed by atoms with E-state index < -0.39 is 9.84 Å². The number of rotatable bonds is 8. The van der Waals surface area contributed by atoms with E-state index in [1.807, 2.05) is 12.1 Å². The topological polar surface area (TPSA) is 46.2 Å². The molecule has 0 saturated heterocycles. The number of unbranched alkanes of at least 4 members (excludes halogenated alkanes) is 1. The summed E-state index contributed by atoms with van der Waals surface area (Å²) in [5.41, 5.74) is 0.736. The van der Waals surface area contributed by atoms with Crippen molar-refractivity contribution < 1.29 is 8.42 Å². The first kappa shape index (κ1) is 16.0. The fraction of sp³-hybridized carbons (Fsp3) is 0.600. The van der Waals surface area contributed by atoms with Crippen molar-refractivity contribution in [3.8, 4) is 0 Å². The van der Waals surface area contributed by atoms with Gasteiger partial charge in [-0.1, -0.05) is 45.2 Å². The van der Waals surface area contributed by atoms with Crippen molar-refractivity contribution in [2.24, 2.45) is 0 Å². The lowest BCUT2D eigenvalue weighted by Gasteiger charge is -2.20.